The molecule has 162 valence electrons. The van der Waals surface area contributed by atoms with Crippen LogP contribution in [-0.2, 0) is 11.3 Å². The average molecular weight is 464 g/mol. The number of hydrogen-bond acceptors (Lipinski definition) is 6. The molecule has 0 aliphatic carbocycles. The molecular weight excluding hydrogens is 442 g/mol. The predicted molar refractivity (Wildman–Crippen MR) is 131 cm³/mol. The fourth-order valence-corrected chi connectivity index (χ4v) is 5.15. The van der Waals surface area contributed by atoms with Gasteiger partial charge in [0.1, 0.15) is 4.70 Å². The standard InChI is InChI=1S/C24H21N3O3S2/c1-3-27-23(30)22-21(19(13-31-22)16-8-5-4-6-9-16)26-24(27)32-14-20(29)25-18-11-7-10-17(12-18)15(2)28/h4-13H,3,14H2,1-2H3,(H,25,29). The molecule has 1 N–H and O–H groups in total. The first-order chi connectivity index (χ1) is 15.5. The van der Waals surface area contributed by atoms with Crippen LogP contribution in [0.25, 0.3) is 21.3 Å². The van der Waals surface area contributed by atoms with Gasteiger partial charge in [-0.1, -0.05) is 54.2 Å². The summed E-state index contributed by atoms with van der Waals surface area (Å²) in [6.07, 6.45) is 0. The Morgan fingerprint density at radius 1 is 1.12 bits per heavy atom. The van der Waals surface area contributed by atoms with Crippen molar-refractivity contribution >= 4 is 50.7 Å². The summed E-state index contributed by atoms with van der Waals surface area (Å²) in [4.78, 5) is 41.9. The van der Waals surface area contributed by atoms with Crippen molar-refractivity contribution in [3.8, 4) is 11.1 Å². The fourth-order valence-electron chi connectivity index (χ4n) is 3.33. The molecule has 6 nitrogen and oxygen atoms in total. The number of Topliss-reactive ketones (excluding diaryl/α,β-unsaturated/α-hetero) is 1. The molecule has 0 radical (unpaired) electrons. The van der Waals surface area contributed by atoms with Gasteiger partial charge in [-0.15, -0.1) is 11.3 Å². The van der Waals surface area contributed by atoms with Crippen molar-refractivity contribution in [2.75, 3.05) is 11.1 Å². The number of nitrogens with zero attached hydrogens (tertiary/aromatic N) is 2. The Bertz CT molecular complexity index is 1360. The molecule has 0 saturated carbocycles. The smallest absolute Gasteiger partial charge is 0.272 e. The minimum absolute atomic E-state index is 0.0649. The van der Waals surface area contributed by atoms with E-state index in [9.17, 15) is 14.4 Å². The molecule has 0 atom stereocenters. The van der Waals surface area contributed by atoms with Crippen LogP contribution in [0.2, 0.25) is 0 Å². The second-order valence-corrected chi connectivity index (χ2v) is 8.93. The number of thioether (sulfide) groups is 1. The minimum Gasteiger partial charge on any atom is -0.325 e. The molecule has 0 fully saturated rings. The summed E-state index contributed by atoms with van der Waals surface area (Å²) >= 11 is 2.61. The first-order valence-corrected chi connectivity index (χ1v) is 12.0. The number of nitrogens with one attached hydrogen (secondary N) is 1. The van der Waals surface area contributed by atoms with E-state index >= 15 is 0 Å². The molecule has 0 aliphatic rings. The Morgan fingerprint density at radius 2 is 1.91 bits per heavy atom. The molecule has 2 heterocycles. The van der Waals surface area contributed by atoms with Crippen LogP contribution in [0.15, 0.2) is 69.9 Å². The third-order valence-corrected chi connectivity index (χ3v) is 6.86. The third-order valence-electron chi connectivity index (χ3n) is 4.93. The number of amides is 1. The number of anilines is 1. The number of carbonyl (C=O) groups is 2. The molecular formula is C24H21N3O3S2. The Balaban J connectivity index is 1.59. The maximum Gasteiger partial charge on any atom is 0.272 e. The van der Waals surface area contributed by atoms with Gasteiger partial charge in [-0.25, -0.2) is 4.98 Å². The van der Waals surface area contributed by atoms with Crippen molar-refractivity contribution in [3.05, 3.63) is 75.9 Å². The maximum atomic E-state index is 13.0. The number of fused-ring (bicyclic) bond motifs is 1. The van der Waals surface area contributed by atoms with Crippen LogP contribution in [0.3, 0.4) is 0 Å². The second kappa shape index (κ2) is 9.50. The summed E-state index contributed by atoms with van der Waals surface area (Å²) in [5.41, 5.74) is 3.57. The summed E-state index contributed by atoms with van der Waals surface area (Å²) in [5, 5.41) is 5.27. The van der Waals surface area contributed by atoms with Crippen LogP contribution in [0.4, 0.5) is 5.69 Å². The normalized spacial score (nSPS) is 10.9. The van der Waals surface area contributed by atoms with E-state index < -0.39 is 0 Å². The zero-order valence-corrected chi connectivity index (χ0v) is 19.3. The average Bonchev–Trinajstić information content (AvgIpc) is 3.23. The first-order valence-electron chi connectivity index (χ1n) is 10.1. The van der Waals surface area contributed by atoms with Gasteiger partial charge in [0, 0.05) is 28.7 Å². The highest BCUT2D eigenvalue weighted by atomic mass is 32.2. The van der Waals surface area contributed by atoms with Crippen molar-refractivity contribution in [1.82, 2.24) is 9.55 Å². The molecule has 0 saturated heterocycles. The Kier molecular flexibility index (Phi) is 6.53. The van der Waals surface area contributed by atoms with E-state index in [1.807, 2.05) is 42.6 Å². The fraction of sp³-hybridized carbons (Fsp3) is 0.167. The predicted octanol–water partition coefficient (Wildman–Crippen LogP) is 5.08. The van der Waals surface area contributed by atoms with E-state index in [1.54, 1.807) is 28.8 Å². The van der Waals surface area contributed by atoms with Gasteiger partial charge >= 0.3 is 0 Å². The molecule has 32 heavy (non-hydrogen) atoms. The van der Waals surface area contributed by atoms with Gasteiger partial charge in [-0.3, -0.25) is 19.0 Å². The highest BCUT2D eigenvalue weighted by Crippen LogP contribution is 2.32. The lowest BCUT2D eigenvalue weighted by molar-refractivity contribution is -0.113. The first kappa shape index (κ1) is 22.0. The van der Waals surface area contributed by atoms with E-state index in [2.05, 4.69) is 5.32 Å². The van der Waals surface area contributed by atoms with Crippen LogP contribution in [0, 0.1) is 0 Å². The van der Waals surface area contributed by atoms with Crippen molar-refractivity contribution in [2.24, 2.45) is 0 Å². The Hall–Kier alpha value is -3.23. The molecule has 0 bridgehead atoms. The largest absolute Gasteiger partial charge is 0.325 e. The van der Waals surface area contributed by atoms with Crippen LogP contribution >= 0.6 is 23.1 Å². The van der Waals surface area contributed by atoms with Crippen molar-refractivity contribution in [1.29, 1.82) is 0 Å². The zero-order valence-electron chi connectivity index (χ0n) is 17.6. The van der Waals surface area contributed by atoms with Crippen LogP contribution in [-0.4, -0.2) is 27.0 Å². The molecule has 4 aromatic rings. The van der Waals surface area contributed by atoms with Gasteiger partial charge < -0.3 is 5.32 Å². The number of aromatic nitrogens is 2. The van der Waals surface area contributed by atoms with Crippen LogP contribution < -0.4 is 10.9 Å². The van der Waals surface area contributed by atoms with Crippen molar-refractivity contribution < 1.29 is 9.59 Å². The van der Waals surface area contributed by atoms with Crippen molar-refractivity contribution in [2.45, 2.75) is 25.5 Å². The number of benzene rings is 2. The summed E-state index contributed by atoms with van der Waals surface area (Å²) < 4.78 is 2.21. The molecule has 0 spiro atoms. The van der Waals surface area contributed by atoms with Gasteiger partial charge in [0.15, 0.2) is 10.9 Å². The molecule has 1 amide bonds. The highest BCUT2D eigenvalue weighted by Gasteiger charge is 2.17. The van der Waals surface area contributed by atoms with E-state index in [0.29, 0.717) is 33.2 Å². The number of hydrogen-bond donors (Lipinski definition) is 1. The summed E-state index contributed by atoms with van der Waals surface area (Å²) in [5.74, 6) is -0.209. The Labute approximate surface area is 193 Å². The number of ketones is 1. The van der Waals surface area contributed by atoms with Crippen LogP contribution in [0.1, 0.15) is 24.2 Å². The van der Waals surface area contributed by atoms with Gasteiger partial charge in [0.25, 0.3) is 5.56 Å². The van der Waals surface area contributed by atoms with Crippen molar-refractivity contribution in [3.63, 3.8) is 0 Å². The van der Waals surface area contributed by atoms with Crippen LogP contribution in [0.5, 0.6) is 0 Å². The zero-order chi connectivity index (χ0) is 22.7. The maximum absolute atomic E-state index is 13.0. The Morgan fingerprint density at radius 3 is 2.62 bits per heavy atom. The van der Waals surface area contributed by atoms with Gasteiger partial charge in [0.2, 0.25) is 5.91 Å². The molecule has 2 aromatic heterocycles. The van der Waals surface area contributed by atoms with E-state index in [-0.39, 0.29) is 23.0 Å². The van der Waals surface area contributed by atoms with E-state index in [4.69, 9.17) is 4.98 Å². The topological polar surface area (TPSA) is 81.1 Å². The molecule has 2 aromatic carbocycles. The molecule has 8 heteroatoms. The quantitative estimate of drug-likeness (QED) is 0.235. The van der Waals surface area contributed by atoms with Gasteiger partial charge in [-0.2, -0.15) is 0 Å². The third kappa shape index (κ3) is 4.51. The summed E-state index contributed by atoms with van der Waals surface area (Å²) in [6, 6.07) is 16.6. The van der Waals surface area contributed by atoms with E-state index in [0.717, 1.165) is 11.1 Å². The molecule has 0 aliphatic heterocycles. The lowest BCUT2D eigenvalue weighted by Crippen LogP contribution is -2.23. The number of thiophene rings is 1. The monoisotopic (exact) mass is 463 g/mol. The number of carbonyl (C=O) groups excluding carboxylic acids is 2. The second-order valence-electron chi connectivity index (χ2n) is 7.11. The summed E-state index contributed by atoms with van der Waals surface area (Å²) in [7, 11) is 0. The van der Waals surface area contributed by atoms with Gasteiger partial charge in [0.05, 0.1) is 11.3 Å². The molecule has 0 unspecified atom stereocenters. The summed E-state index contributed by atoms with van der Waals surface area (Å²) in [6.45, 7) is 3.83. The lowest BCUT2D eigenvalue weighted by atomic mass is 10.1. The minimum atomic E-state index is -0.235. The number of rotatable bonds is 7. The van der Waals surface area contributed by atoms with E-state index in [1.165, 1.54) is 30.0 Å². The lowest BCUT2D eigenvalue weighted by Gasteiger charge is -2.11. The SMILES string of the molecule is CCn1c(SCC(=O)Nc2cccc(C(C)=O)c2)nc2c(-c3ccccc3)csc2c1=O. The van der Waals surface area contributed by atoms with Gasteiger partial charge in [-0.05, 0) is 31.5 Å². The highest BCUT2D eigenvalue weighted by molar-refractivity contribution is 7.99. The molecule has 4 rings (SSSR count).